The lowest BCUT2D eigenvalue weighted by Crippen LogP contribution is -2.14. The molecule has 0 aliphatic carbocycles. The SMILES string of the molecule is CCCn1cc(S(=O)(=O)Nc2ccc(N)cc2Br)nc1C. The molecule has 0 radical (unpaired) electrons. The summed E-state index contributed by atoms with van der Waals surface area (Å²) < 4.78 is 29.7. The molecule has 0 bridgehead atoms. The van der Waals surface area contributed by atoms with E-state index in [1.54, 1.807) is 31.3 Å². The number of rotatable bonds is 5. The number of nitrogens with two attached hydrogens (primary N) is 1. The number of benzene rings is 1. The number of nitrogens with one attached hydrogen (secondary N) is 1. The molecule has 0 aliphatic heterocycles. The Morgan fingerprint density at radius 2 is 2.14 bits per heavy atom. The molecule has 0 spiro atoms. The third kappa shape index (κ3) is 3.56. The summed E-state index contributed by atoms with van der Waals surface area (Å²) >= 11 is 3.28. The number of anilines is 2. The molecular weight excluding hydrogens is 356 g/mol. The first-order chi connectivity index (χ1) is 9.83. The second-order valence-electron chi connectivity index (χ2n) is 4.66. The third-order valence-electron chi connectivity index (χ3n) is 2.93. The summed E-state index contributed by atoms with van der Waals surface area (Å²) in [5.41, 5.74) is 6.61. The van der Waals surface area contributed by atoms with Gasteiger partial charge in [-0.25, -0.2) is 4.98 Å². The maximum absolute atomic E-state index is 12.4. The van der Waals surface area contributed by atoms with Gasteiger partial charge < -0.3 is 10.3 Å². The molecule has 0 saturated carbocycles. The van der Waals surface area contributed by atoms with Crippen LogP contribution >= 0.6 is 15.9 Å². The van der Waals surface area contributed by atoms with E-state index in [-0.39, 0.29) is 5.03 Å². The summed E-state index contributed by atoms with van der Waals surface area (Å²) in [6.45, 7) is 4.55. The second kappa shape index (κ2) is 6.07. The van der Waals surface area contributed by atoms with Crippen molar-refractivity contribution in [2.24, 2.45) is 0 Å². The Bertz CT molecular complexity index is 756. The largest absolute Gasteiger partial charge is 0.399 e. The molecule has 1 heterocycles. The van der Waals surface area contributed by atoms with Crippen LogP contribution in [0.2, 0.25) is 0 Å². The second-order valence-corrected chi connectivity index (χ2v) is 7.15. The maximum Gasteiger partial charge on any atom is 0.280 e. The van der Waals surface area contributed by atoms with Crippen molar-refractivity contribution in [3.8, 4) is 0 Å². The Balaban J connectivity index is 2.32. The monoisotopic (exact) mass is 372 g/mol. The molecule has 114 valence electrons. The number of aromatic nitrogens is 2. The Labute approximate surface area is 132 Å². The van der Waals surface area contributed by atoms with Crippen LogP contribution in [0.4, 0.5) is 11.4 Å². The summed E-state index contributed by atoms with van der Waals surface area (Å²) in [5, 5.41) is 0.0113. The van der Waals surface area contributed by atoms with Crippen LogP contribution in [0.3, 0.4) is 0 Å². The normalized spacial score (nSPS) is 11.6. The van der Waals surface area contributed by atoms with Crippen molar-refractivity contribution in [1.82, 2.24) is 9.55 Å². The summed E-state index contributed by atoms with van der Waals surface area (Å²) in [6.07, 6.45) is 2.46. The quantitative estimate of drug-likeness (QED) is 0.789. The number of hydrogen-bond donors (Lipinski definition) is 2. The molecule has 0 unspecified atom stereocenters. The van der Waals surface area contributed by atoms with Gasteiger partial charge in [-0.3, -0.25) is 4.72 Å². The summed E-state index contributed by atoms with van der Waals surface area (Å²) in [5.74, 6) is 0.675. The molecule has 0 fully saturated rings. The number of hydrogen-bond acceptors (Lipinski definition) is 4. The lowest BCUT2D eigenvalue weighted by molar-refractivity contribution is 0.597. The van der Waals surface area contributed by atoms with Crippen molar-refractivity contribution >= 4 is 37.3 Å². The van der Waals surface area contributed by atoms with Gasteiger partial charge in [-0.1, -0.05) is 6.92 Å². The van der Waals surface area contributed by atoms with E-state index < -0.39 is 10.0 Å². The number of sulfonamides is 1. The van der Waals surface area contributed by atoms with Gasteiger partial charge in [0.05, 0.1) is 5.69 Å². The van der Waals surface area contributed by atoms with Crippen molar-refractivity contribution in [1.29, 1.82) is 0 Å². The number of nitrogens with zero attached hydrogens (tertiary/aromatic N) is 2. The summed E-state index contributed by atoms with van der Waals surface area (Å²) in [6, 6.07) is 4.87. The Kier molecular flexibility index (Phi) is 4.58. The first-order valence-corrected chi connectivity index (χ1v) is 8.72. The molecule has 0 atom stereocenters. The lowest BCUT2D eigenvalue weighted by Gasteiger charge is -2.08. The van der Waals surface area contributed by atoms with Crippen molar-refractivity contribution in [2.75, 3.05) is 10.5 Å². The number of aryl methyl sites for hydroxylation is 2. The predicted molar refractivity (Wildman–Crippen MR) is 86.6 cm³/mol. The molecule has 6 nitrogen and oxygen atoms in total. The van der Waals surface area contributed by atoms with Crippen LogP contribution in [0.1, 0.15) is 19.2 Å². The van der Waals surface area contributed by atoms with E-state index in [1.807, 2.05) is 11.5 Å². The van der Waals surface area contributed by atoms with Crippen LogP contribution in [0.25, 0.3) is 0 Å². The highest BCUT2D eigenvalue weighted by molar-refractivity contribution is 9.10. The van der Waals surface area contributed by atoms with Gasteiger partial charge >= 0.3 is 0 Å². The van der Waals surface area contributed by atoms with E-state index in [2.05, 4.69) is 25.6 Å². The minimum absolute atomic E-state index is 0.0113. The van der Waals surface area contributed by atoms with E-state index in [1.165, 1.54) is 0 Å². The number of nitrogen functional groups attached to an aromatic ring is 1. The van der Waals surface area contributed by atoms with Crippen LogP contribution in [0.5, 0.6) is 0 Å². The molecule has 0 aliphatic rings. The topological polar surface area (TPSA) is 90.0 Å². The molecule has 2 rings (SSSR count). The average molecular weight is 373 g/mol. The van der Waals surface area contributed by atoms with Gasteiger partial charge in [0.2, 0.25) is 0 Å². The zero-order valence-electron chi connectivity index (χ0n) is 11.8. The van der Waals surface area contributed by atoms with E-state index in [0.717, 1.165) is 13.0 Å². The standard InChI is InChI=1S/C13H17BrN4O2S/c1-3-6-18-8-13(16-9(18)2)21(19,20)17-12-5-4-10(15)7-11(12)14/h4-5,7-8,17H,3,6,15H2,1-2H3. The summed E-state index contributed by atoms with van der Waals surface area (Å²) in [4.78, 5) is 4.12. The van der Waals surface area contributed by atoms with E-state index >= 15 is 0 Å². The summed E-state index contributed by atoms with van der Waals surface area (Å²) in [7, 11) is -3.72. The highest BCUT2D eigenvalue weighted by Crippen LogP contribution is 2.26. The van der Waals surface area contributed by atoms with Crippen molar-refractivity contribution < 1.29 is 8.42 Å². The van der Waals surface area contributed by atoms with Gasteiger partial charge in [0.15, 0.2) is 5.03 Å². The number of imidazole rings is 1. The molecule has 2 aromatic rings. The lowest BCUT2D eigenvalue weighted by atomic mass is 10.3. The Hall–Kier alpha value is -1.54. The van der Waals surface area contributed by atoms with Gasteiger partial charge in [0.25, 0.3) is 10.0 Å². The van der Waals surface area contributed by atoms with Crippen molar-refractivity contribution in [3.05, 3.63) is 34.7 Å². The third-order valence-corrected chi connectivity index (χ3v) is 4.82. The highest BCUT2D eigenvalue weighted by atomic mass is 79.9. The van der Waals surface area contributed by atoms with Crippen LogP contribution in [0, 0.1) is 6.92 Å². The van der Waals surface area contributed by atoms with Crippen molar-refractivity contribution in [3.63, 3.8) is 0 Å². The van der Waals surface area contributed by atoms with Crippen LogP contribution < -0.4 is 10.5 Å². The Morgan fingerprint density at radius 1 is 1.43 bits per heavy atom. The van der Waals surface area contributed by atoms with E-state index in [4.69, 9.17) is 5.73 Å². The van der Waals surface area contributed by atoms with Gasteiger partial charge in [0, 0.05) is 22.9 Å². The fraction of sp³-hybridized carbons (Fsp3) is 0.308. The van der Waals surface area contributed by atoms with Gasteiger partial charge in [-0.15, -0.1) is 0 Å². The van der Waals surface area contributed by atoms with Crippen LogP contribution in [-0.2, 0) is 16.6 Å². The smallest absolute Gasteiger partial charge is 0.280 e. The number of halogens is 1. The Morgan fingerprint density at radius 3 is 2.76 bits per heavy atom. The van der Waals surface area contributed by atoms with Crippen LogP contribution in [0.15, 0.2) is 33.9 Å². The van der Waals surface area contributed by atoms with E-state index in [0.29, 0.717) is 21.7 Å². The molecule has 3 N–H and O–H groups in total. The van der Waals surface area contributed by atoms with Crippen molar-refractivity contribution in [2.45, 2.75) is 31.8 Å². The minimum atomic E-state index is -3.72. The molecular formula is C13H17BrN4O2S. The average Bonchev–Trinajstić information content (AvgIpc) is 2.76. The minimum Gasteiger partial charge on any atom is -0.399 e. The van der Waals surface area contributed by atoms with Crippen LogP contribution in [-0.4, -0.2) is 18.0 Å². The highest BCUT2D eigenvalue weighted by Gasteiger charge is 2.20. The van der Waals surface area contributed by atoms with E-state index in [9.17, 15) is 8.42 Å². The van der Waals surface area contributed by atoms with Gasteiger partial charge in [-0.2, -0.15) is 8.42 Å². The van der Waals surface area contributed by atoms with Gasteiger partial charge in [-0.05, 0) is 47.5 Å². The maximum atomic E-state index is 12.4. The molecule has 0 saturated heterocycles. The molecule has 8 heteroatoms. The zero-order chi connectivity index (χ0) is 15.6. The first kappa shape index (κ1) is 15.8. The molecule has 1 aromatic carbocycles. The zero-order valence-corrected chi connectivity index (χ0v) is 14.2. The predicted octanol–water partition coefficient (Wildman–Crippen LogP) is 2.75. The fourth-order valence-electron chi connectivity index (χ4n) is 1.89. The van der Waals surface area contributed by atoms with Gasteiger partial charge in [0.1, 0.15) is 5.82 Å². The molecule has 0 amide bonds. The molecule has 21 heavy (non-hydrogen) atoms. The first-order valence-electron chi connectivity index (χ1n) is 6.45. The molecule has 1 aromatic heterocycles. The fourth-order valence-corrected chi connectivity index (χ4v) is 3.60.